The summed E-state index contributed by atoms with van der Waals surface area (Å²) in [5.41, 5.74) is 1.91. The van der Waals surface area contributed by atoms with Crippen LogP contribution in [0.15, 0.2) is 56.6 Å². The van der Waals surface area contributed by atoms with E-state index in [1.807, 2.05) is 24.3 Å². The number of fused-ring (bicyclic) bond motifs is 1. The van der Waals surface area contributed by atoms with E-state index >= 15 is 0 Å². The second-order valence-corrected chi connectivity index (χ2v) is 7.67. The molecule has 0 bridgehead atoms. The van der Waals surface area contributed by atoms with Gasteiger partial charge < -0.3 is 9.15 Å². The quantitative estimate of drug-likeness (QED) is 0.638. The van der Waals surface area contributed by atoms with Crippen molar-refractivity contribution >= 4 is 21.1 Å². The molecular weight excluding hydrogens is 356 g/mol. The highest BCUT2D eigenvalue weighted by atomic mass is 32.2. The van der Waals surface area contributed by atoms with Crippen LogP contribution in [-0.2, 0) is 23.5 Å². The predicted molar refractivity (Wildman–Crippen MR) is 98.0 cm³/mol. The van der Waals surface area contributed by atoms with E-state index in [9.17, 15) is 13.2 Å². The van der Waals surface area contributed by atoms with Gasteiger partial charge >= 0.3 is 5.76 Å². The lowest BCUT2D eigenvalue weighted by molar-refractivity contribution is 0.414. The van der Waals surface area contributed by atoms with Gasteiger partial charge in [-0.1, -0.05) is 12.1 Å². The van der Waals surface area contributed by atoms with Gasteiger partial charge in [-0.3, -0.25) is 4.57 Å². The molecule has 1 aromatic heterocycles. The molecule has 0 atom stereocenters. The third-order valence-electron chi connectivity index (χ3n) is 4.17. The number of ether oxygens (including phenoxy) is 1. The number of aryl methyl sites for hydroxylation is 2. The number of benzene rings is 2. The second-order valence-electron chi connectivity index (χ2n) is 5.91. The Bertz CT molecular complexity index is 1070. The minimum Gasteiger partial charge on any atom is -0.497 e. The molecule has 7 nitrogen and oxygen atoms in total. The zero-order valence-corrected chi connectivity index (χ0v) is 15.4. The minimum absolute atomic E-state index is 0.0730. The summed E-state index contributed by atoms with van der Waals surface area (Å²) in [4.78, 5) is 11.6. The van der Waals surface area contributed by atoms with Crippen LogP contribution >= 0.6 is 0 Å². The molecule has 26 heavy (non-hydrogen) atoms. The lowest BCUT2D eigenvalue weighted by atomic mass is 10.1. The van der Waals surface area contributed by atoms with Crippen molar-refractivity contribution in [3.05, 3.63) is 58.6 Å². The predicted octanol–water partition coefficient (Wildman–Crippen LogP) is 2.05. The van der Waals surface area contributed by atoms with Crippen molar-refractivity contribution in [2.24, 2.45) is 7.05 Å². The molecule has 3 aromatic rings. The van der Waals surface area contributed by atoms with E-state index in [0.717, 1.165) is 17.7 Å². The maximum absolute atomic E-state index is 12.4. The number of rotatable bonds is 7. The van der Waals surface area contributed by atoms with E-state index in [-0.39, 0.29) is 10.5 Å². The SMILES string of the molecule is COc1ccc(CCCNS(=O)(=O)c2ccc3c(c2)oc(=O)n3C)cc1. The molecule has 0 aliphatic rings. The number of hydrogen-bond donors (Lipinski definition) is 1. The first-order chi connectivity index (χ1) is 12.4. The Hall–Kier alpha value is -2.58. The molecule has 0 aliphatic heterocycles. The van der Waals surface area contributed by atoms with Crippen LogP contribution in [0.1, 0.15) is 12.0 Å². The lowest BCUT2D eigenvalue weighted by Gasteiger charge is -2.07. The molecule has 8 heteroatoms. The van der Waals surface area contributed by atoms with Crippen LogP contribution in [0.5, 0.6) is 5.75 Å². The number of oxazole rings is 1. The largest absolute Gasteiger partial charge is 0.497 e. The normalized spacial score (nSPS) is 11.8. The molecular formula is C18H20N2O5S. The van der Waals surface area contributed by atoms with Gasteiger partial charge in [-0.2, -0.15) is 0 Å². The molecule has 1 N–H and O–H groups in total. The molecule has 138 valence electrons. The summed E-state index contributed by atoms with van der Waals surface area (Å²) in [5.74, 6) is 0.263. The fourth-order valence-electron chi connectivity index (χ4n) is 2.66. The number of nitrogens with one attached hydrogen (secondary N) is 1. The van der Waals surface area contributed by atoms with Gasteiger partial charge in [-0.05, 0) is 42.7 Å². The van der Waals surface area contributed by atoms with E-state index < -0.39 is 15.8 Å². The number of sulfonamides is 1. The van der Waals surface area contributed by atoms with Gasteiger partial charge in [0.1, 0.15) is 5.75 Å². The van der Waals surface area contributed by atoms with E-state index in [4.69, 9.17) is 9.15 Å². The second kappa shape index (κ2) is 7.35. The van der Waals surface area contributed by atoms with Crippen LogP contribution in [-0.4, -0.2) is 26.6 Å². The Morgan fingerprint density at radius 2 is 1.88 bits per heavy atom. The van der Waals surface area contributed by atoms with Crippen molar-refractivity contribution < 1.29 is 17.6 Å². The summed E-state index contributed by atoms with van der Waals surface area (Å²) in [6, 6.07) is 12.1. The van der Waals surface area contributed by atoms with E-state index in [0.29, 0.717) is 18.5 Å². The highest BCUT2D eigenvalue weighted by Crippen LogP contribution is 2.18. The average Bonchev–Trinajstić information content (AvgIpc) is 2.93. The van der Waals surface area contributed by atoms with Crippen LogP contribution in [0.2, 0.25) is 0 Å². The Balaban J connectivity index is 1.62. The summed E-state index contributed by atoms with van der Waals surface area (Å²) < 4.78 is 38.9. The number of hydrogen-bond acceptors (Lipinski definition) is 5. The topological polar surface area (TPSA) is 90.5 Å². The smallest absolute Gasteiger partial charge is 0.419 e. The van der Waals surface area contributed by atoms with Gasteiger partial charge in [-0.25, -0.2) is 17.9 Å². The van der Waals surface area contributed by atoms with Crippen molar-refractivity contribution in [1.29, 1.82) is 0 Å². The first-order valence-corrected chi connectivity index (χ1v) is 9.61. The molecule has 3 rings (SSSR count). The highest BCUT2D eigenvalue weighted by molar-refractivity contribution is 7.89. The zero-order valence-electron chi connectivity index (χ0n) is 14.6. The molecule has 1 heterocycles. The van der Waals surface area contributed by atoms with Gasteiger partial charge in [0.2, 0.25) is 10.0 Å². The van der Waals surface area contributed by atoms with Crippen LogP contribution in [0.25, 0.3) is 11.1 Å². The first kappa shape index (κ1) is 18.2. The summed E-state index contributed by atoms with van der Waals surface area (Å²) in [5, 5.41) is 0. The van der Waals surface area contributed by atoms with E-state index in [1.165, 1.54) is 16.7 Å². The molecule has 0 radical (unpaired) electrons. The maximum atomic E-state index is 12.4. The molecule has 0 saturated carbocycles. The average molecular weight is 376 g/mol. The van der Waals surface area contributed by atoms with Gasteiger partial charge in [0.05, 0.1) is 17.5 Å². The fraction of sp³-hybridized carbons (Fsp3) is 0.278. The third-order valence-corrected chi connectivity index (χ3v) is 5.63. The zero-order chi connectivity index (χ0) is 18.7. The molecule has 0 amide bonds. The molecule has 0 fully saturated rings. The monoisotopic (exact) mass is 376 g/mol. The van der Waals surface area contributed by atoms with Crippen molar-refractivity contribution in [2.45, 2.75) is 17.7 Å². The van der Waals surface area contributed by atoms with Crippen molar-refractivity contribution in [3.63, 3.8) is 0 Å². The molecule has 0 unspecified atom stereocenters. The number of aromatic nitrogens is 1. The van der Waals surface area contributed by atoms with Crippen LogP contribution in [0, 0.1) is 0 Å². The first-order valence-electron chi connectivity index (χ1n) is 8.13. The summed E-state index contributed by atoms with van der Waals surface area (Å²) in [6.45, 7) is 0.311. The van der Waals surface area contributed by atoms with Gasteiger partial charge in [-0.15, -0.1) is 0 Å². The van der Waals surface area contributed by atoms with Crippen molar-refractivity contribution in [1.82, 2.24) is 9.29 Å². The molecule has 0 saturated heterocycles. The molecule has 0 spiro atoms. The Labute approximate surface area is 151 Å². The summed E-state index contributed by atoms with van der Waals surface area (Å²) in [6.07, 6.45) is 1.41. The van der Waals surface area contributed by atoms with Crippen molar-refractivity contribution in [2.75, 3.05) is 13.7 Å². The minimum atomic E-state index is -3.66. The van der Waals surface area contributed by atoms with Crippen LogP contribution in [0.3, 0.4) is 0 Å². The van der Waals surface area contributed by atoms with Crippen LogP contribution in [0.4, 0.5) is 0 Å². The number of methoxy groups -OCH3 is 1. The van der Waals surface area contributed by atoms with Crippen molar-refractivity contribution in [3.8, 4) is 5.75 Å². The fourth-order valence-corrected chi connectivity index (χ4v) is 3.75. The molecule has 0 aliphatic carbocycles. The molecule has 2 aromatic carbocycles. The van der Waals surface area contributed by atoms with Crippen LogP contribution < -0.4 is 15.2 Å². The summed E-state index contributed by atoms with van der Waals surface area (Å²) in [7, 11) is -0.480. The van der Waals surface area contributed by atoms with Gasteiger partial charge in [0.15, 0.2) is 5.58 Å². The van der Waals surface area contributed by atoms with Gasteiger partial charge in [0, 0.05) is 19.7 Å². The standard InChI is InChI=1S/C18H20N2O5S/c1-20-16-10-9-15(12-17(16)25-18(20)21)26(22,23)19-11-3-4-13-5-7-14(24-2)8-6-13/h5-10,12,19H,3-4,11H2,1-2H3. The summed E-state index contributed by atoms with van der Waals surface area (Å²) >= 11 is 0. The number of nitrogens with zero attached hydrogens (tertiary/aromatic N) is 1. The maximum Gasteiger partial charge on any atom is 0.419 e. The highest BCUT2D eigenvalue weighted by Gasteiger charge is 2.16. The Kier molecular flexibility index (Phi) is 5.15. The van der Waals surface area contributed by atoms with E-state index in [2.05, 4.69) is 4.72 Å². The Morgan fingerprint density at radius 1 is 1.15 bits per heavy atom. The van der Waals surface area contributed by atoms with Gasteiger partial charge in [0.25, 0.3) is 0 Å². The Morgan fingerprint density at radius 3 is 2.58 bits per heavy atom. The third kappa shape index (κ3) is 3.81. The van der Waals surface area contributed by atoms with E-state index in [1.54, 1.807) is 20.2 Å². The lowest BCUT2D eigenvalue weighted by Crippen LogP contribution is -2.25.